The molecule has 4 rings (SSSR count). The molecule has 0 saturated carbocycles. The molecule has 1 saturated heterocycles. The SMILES string of the molecule is O=C(NCc1ccco1)C1CCN(c2ccc3ccccc3c2)C1=O. The maximum Gasteiger partial charge on any atom is 0.239 e. The van der Waals surface area contributed by atoms with Gasteiger partial charge in [-0.1, -0.05) is 30.3 Å². The zero-order chi connectivity index (χ0) is 17.2. The first-order valence-electron chi connectivity index (χ1n) is 8.32. The van der Waals surface area contributed by atoms with Gasteiger partial charge in [-0.25, -0.2) is 0 Å². The van der Waals surface area contributed by atoms with Crippen molar-refractivity contribution in [1.82, 2.24) is 5.32 Å². The third-order valence-corrected chi connectivity index (χ3v) is 4.58. The molecule has 1 N–H and O–H groups in total. The smallest absolute Gasteiger partial charge is 0.239 e. The molecule has 1 unspecified atom stereocenters. The highest BCUT2D eigenvalue weighted by molar-refractivity contribution is 6.10. The van der Waals surface area contributed by atoms with Gasteiger partial charge >= 0.3 is 0 Å². The minimum Gasteiger partial charge on any atom is -0.467 e. The van der Waals surface area contributed by atoms with Gasteiger partial charge in [0.05, 0.1) is 12.8 Å². The first-order chi connectivity index (χ1) is 12.2. The van der Waals surface area contributed by atoms with Crippen molar-refractivity contribution in [3.63, 3.8) is 0 Å². The van der Waals surface area contributed by atoms with Gasteiger partial charge in [-0.2, -0.15) is 0 Å². The molecule has 0 bridgehead atoms. The lowest BCUT2D eigenvalue weighted by Crippen LogP contribution is -2.36. The van der Waals surface area contributed by atoms with Crippen LogP contribution in [0.5, 0.6) is 0 Å². The first kappa shape index (κ1) is 15.4. The Kier molecular flexibility index (Phi) is 3.98. The van der Waals surface area contributed by atoms with Gasteiger partial charge in [0.2, 0.25) is 11.8 Å². The van der Waals surface area contributed by atoms with E-state index in [1.807, 2.05) is 42.5 Å². The Labute approximate surface area is 145 Å². The fourth-order valence-electron chi connectivity index (χ4n) is 3.23. The Morgan fingerprint density at radius 3 is 2.76 bits per heavy atom. The number of carbonyl (C=O) groups is 2. The molecular formula is C20H18N2O3. The zero-order valence-electron chi connectivity index (χ0n) is 13.6. The molecule has 2 heterocycles. The predicted molar refractivity (Wildman–Crippen MR) is 95.0 cm³/mol. The molecule has 0 aliphatic carbocycles. The number of carbonyl (C=O) groups excluding carboxylic acids is 2. The van der Waals surface area contributed by atoms with Crippen molar-refractivity contribution in [2.75, 3.05) is 11.4 Å². The minimum atomic E-state index is -0.638. The standard InChI is InChI=1S/C20H18N2O3/c23-19(21-13-17-6-3-11-25-17)18-9-10-22(20(18)24)16-8-7-14-4-1-2-5-15(14)12-16/h1-8,11-12,18H,9-10,13H2,(H,21,23). The van der Waals surface area contributed by atoms with Crippen LogP contribution in [0.3, 0.4) is 0 Å². The molecule has 3 aromatic rings. The minimum absolute atomic E-state index is 0.146. The van der Waals surface area contributed by atoms with Crippen molar-refractivity contribution in [3.8, 4) is 0 Å². The summed E-state index contributed by atoms with van der Waals surface area (Å²) in [7, 11) is 0. The first-order valence-corrected chi connectivity index (χ1v) is 8.32. The average molecular weight is 334 g/mol. The normalized spacial score (nSPS) is 17.2. The average Bonchev–Trinajstić information content (AvgIpc) is 3.29. The van der Waals surface area contributed by atoms with E-state index in [1.54, 1.807) is 23.3 Å². The molecule has 1 aliphatic rings. The summed E-state index contributed by atoms with van der Waals surface area (Å²) < 4.78 is 5.19. The van der Waals surface area contributed by atoms with Crippen molar-refractivity contribution in [2.24, 2.45) is 5.92 Å². The molecule has 1 aromatic heterocycles. The summed E-state index contributed by atoms with van der Waals surface area (Å²) in [4.78, 5) is 26.7. The molecule has 25 heavy (non-hydrogen) atoms. The second-order valence-corrected chi connectivity index (χ2v) is 6.16. The molecule has 2 amide bonds. The molecular weight excluding hydrogens is 316 g/mol. The largest absolute Gasteiger partial charge is 0.467 e. The Balaban J connectivity index is 1.47. The van der Waals surface area contributed by atoms with Crippen LogP contribution in [0.15, 0.2) is 65.3 Å². The predicted octanol–water partition coefficient (Wildman–Crippen LogP) is 3.10. The Morgan fingerprint density at radius 2 is 1.96 bits per heavy atom. The topological polar surface area (TPSA) is 62.6 Å². The van der Waals surface area contributed by atoms with E-state index in [0.29, 0.717) is 25.3 Å². The summed E-state index contributed by atoms with van der Waals surface area (Å²) >= 11 is 0. The van der Waals surface area contributed by atoms with Crippen molar-refractivity contribution in [3.05, 3.63) is 66.6 Å². The third-order valence-electron chi connectivity index (χ3n) is 4.58. The molecule has 5 nitrogen and oxygen atoms in total. The van der Waals surface area contributed by atoms with E-state index in [2.05, 4.69) is 5.32 Å². The number of fused-ring (bicyclic) bond motifs is 1. The van der Waals surface area contributed by atoms with Gasteiger partial charge in [0.15, 0.2) is 0 Å². The van der Waals surface area contributed by atoms with E-state index in [1.165, 1.54) is 0 Å². The van der Waals surface area contributed by atoms with Crippen LogP contribution in [0.1, 0.15) is 12.2 Å². The van der Waals surface area contributed by atoms with Crippen molar-refractivity contribution >= 4 is 28.3 Å². The maximum atomic E-state index is 12.7. The molecule has 126 valence electrons. The van der Waals surface area contributed by atoms with Crippen LogP contribution < -0.4 is 10.2 Å². The number of nitrogens with zero attached hydrogens (tertiary/aromatic N) is 1. The summed E-state index contributed by atoms with van der Waals surface area (Å²) in [6.07, 6.45) is 2.08. The number of hydrogen-bond donors (Lipinski definition) is 1. The van der Waals surface area contributed by atoms with Crippen molar-refractivity contribution in [1.29, 1.82) is 0 Å². The molecule has 1 fully saturated rings. The fourth-order valence-corrected chi connectivity index (χ4v) is 3.23. The molecule has 1 atom stereocenters. The van der Waals surface area contributed by atoms with E-state index in [0.717, 1.165) is 16.5 Å². The summed E-state index contributed by atoms with van der Waals surface area (Å²) in [6, 6.07) is 17.5. The van der Waals surface area contributed by atoms with Gasteiger partial charge in [-0.15, -0.1) is 0 Å². The van der Waals surface area contributed by atoms with E-state index in [4.69, 9.17) is 4.42 Å². The second kappa shape index (κ2) is 6.43. The van der Waals surface area contributed by atoms with Crippen LogP contribution in [0, 0.1) is 5.92 Å². The quantitative estimate of drug-likeness (QED) is 0.746. The van der Waals surface area contributed by atoms with Gasteiger partial charge in [0.25, 0.3) is 0 Å². The van der Waals surface area contributed by atoms with Crippen molar-refractivity contribution < 1.29 is 14.0 Å². The van der Waals surface area contributed by atoms with E-state index in [-0.39, 0.29) is 11.8 Å². The van der Waals surface area contributed by atoms with Gasteiger partial charge in [0.1, 0.15) is 11.7 Å². The van der Waals surface area contributed by atoms with Crippen LogP contribution >= 0.6 is 0 Å². The van der Waals surface area contributed by atoms with E-state index >= 15 is 0 Å². The molecule has 0 radical (unpaired) electrons. The lowest BCUT2D eigenvalue weighted by atomic mass is 10.1. The van der Waals surface area contributed by atoms with Crippen LogP contribution in [0.4, 0.5) is 5.69 Å². The highest BCUT2D eigenvalue weighted by Crippen LogP contribution is 2.28. The van der Waals surface area contributed by atoms with Crippen LogP contribution in [0.25, 0.3) is 10.8 Å². The lowest BCUT2D eigenvalue weighted by Gasteiger charge is -2.17. The Morgan fingerprint density at radius 1 is 1.12 bits per heavy atom. The van der Waals surface area contributed by atoms with Crippen LogP contribution in [-0.2, 0) is 16.1 Å². The number of nitrogens with one attached hydrogen (secondary N) is 1. The Hall–Kier alpha value is -3.08. The molecule has 1 aliphatic heterocycles. The number of benzene rings is 2. The highest BCUT2D eigenvalue weighted by atomic mass is 16.3. The number of rotatable bonds is 4. The highest BCUT2D eigenvalue weighted by Gasteiger charge is 2.37. The fraction of sp³-hybridized carbons (Fsp3) is 0.200. The number of hydrogen-bond acceptors (Lipinski definition) is 3. The molecule has 0 spiro atoms. The zero-order valence-corrected chi connectivity index (χ0v) is 13.6. The van der Waals surface area contributed by atoms with Crippen molar-refractivity contribution in [2.45, 2.75) is 13.0 Å². The molecule has 5 heteroatoms. The van der Waals surface area contributed by atoms with Gasteiger partial charge in [-0.3, -0.25) is 9.59 Å². The van der Waals surface area contributed by atoms with E-state index < -0.39 is 5.92 Å². The van der Waals surface area contributed by atoms with Crippen LogP contribution in [0.2, 0.25) is 0 Å². The summed E-state index contributed by atoms with van der Waals surface area (Å²) in [5.74, 6) is -0.358. The number of amides is 2. The van der Waals surface area contributed by atoms with Crippen LogP contribution in [-0.4, -0.2) is 18.4 Å². The van der Waals surface area contributed by atoms with Gasteiger partial charge in [0, 0.05) is 12.2 Å². The van der Waals surface area contributed by atoms with Gasteiger partial charge < -0.3 is 14.6 Å². The van der Waals surface area contributed by atoms with Gasteiger partial charge in [-0.05, 0) is 41.5 Å². The monoisotopic (exact) mass is 334 g/mol. The summed E-state index contributed by atoms with van der Waals surface area (Å²) in [5, 5.41) is 4.99. The number of furan rings is 1. The number of anilines is 1. The Bertz CT molecular complexity index is 918. The third kappa shape index (κ3) is 3.01. The van der Waals surface area contributed by atoms with E-state index in [9.17, 15) is 9.59 Å². The summed E-state index contributed by atoms with van der Waals surface area (Å²) in [6.45, 7) is 0.849. The molecule has 2 aromatic carbocycles. The second-order valence-electron chi connectivity index (χ2n) is 6.16. The summed E-state index contributed by atoms with van der Waals surface area (Å²) in [5.41, 5.74) is 0.838. The maximum absolute atomic E-state index is 12.7. The lowest BCUT2D eigenvalue weighted by molar-refractivity contribution is -0.132.